The number of nitrogens with zero attached hydrogens (tertiary/aromatic N) is 3. The van der Waals surface area contributed by atoms with E-state index in [9.17, 15) is 21.6 Å². The van der Waals surface area contributed by atoms with E-state index >= 15 is 0 Å². The fourth-order valence-corrected chi connectivity index (χ4v) is 4.43. The smallest absolute Gasteiger partial charge is 0.346 e. The molecule has 0 saturated heterocycles. The lowest BCUT2D eigenvalue weighted by molar-refractivity contribution is -0.138. The summed E-state index contributed by atoms with van der Waals surface area (Å²) in [5.74, 6) is 0. The zero-order chi connectivity index (χ0) is 23.1. The van der Waals surface area contributed by atoms with Gasteiger partial charge in [0.2, 0.25) is 0 Å². The average Bonchev–Trinajstić information content (AvgIpc) is 3.19. The highest BCUT2D eigenvalue weighted by Gasteiger charge is 2.33. The molecule has 11 heteroatoms. The van der Waals surface area contributed by atoms with Crippen molar-refractivity contribution in [1.29, 1.82) is 0 Å². The number of pyridine rings is 1. The number of fused-ring (bicyclic) bond motifs is 1. The number of halogens is 3. The summed E-state index contributed by atoms with van der Waals surface area (Å²) in [6, 6.07) is 6.29. The van der Waals surface area contributed by atoms with Gasteiger partial charge in [-0.1, -0.05) is 6.07 Å². The van der Waals surface area contributed by atoms with Crippen molar-refractivity contribution in [2.45, 2.75) is 31.3 Å². The molecule has 0 atom stereocenters. The molecule has 0 aliphatic rings. The summed E-state index contributed by atoms with van der Waals surface area (Å²) >= 11 is 0. The van der Waals surface area contributed by atoms with Gasteiger partial charge in [0.15, 0.2) is 0 Å². The van der Waals surface area contributed by atoms with Crippen molar-refractivity contribution in [2.24, 2.45) is 0 Å². The Balaban J connectivity index is 1.72. The SMILES string of the molecule is Cc1cnc(Cc2ncnc3[nH]ccc23)c(NS(=O)(=O)c2ccc(C)c(C(F)(F)F)c2)c1. The number of hydrogen-bond acceptors (Lipinski definition) is 5. The molecule has 32 heavy (non-hydrogen) atoms. The van der Waals surface area contributed by atoms with Gasteiger partial charge in [0.25, 0.3) is 10.0 Å². The van der Waals surface area contributed by atoms with Gasteiger partial charge in [-0.05, 0) is 49.2 Å². The van der Waals surface area contributed by atoms with E-state index in [1.807, 2.05) is 0 Å². The lowest BCUT2D eigenvalue weighted by atomic mass is 10.1. The molecule has 0 spiro atoms. The van der Waals surface area contributed by atoms with E-state index in [1.54, 1.807) is 31.5 Å². The second kappa shape index (κ2) is 7.90. The minimum atomic E-state index is -4.67. The third-order valence-electron chi connectivity index (χ3n) is 4.95. The fourth-order valence-electron chi connectivity index (χ4n) is 3.33. The molecule has 7 nitrogen and oxygen atoms in total. The first-order valence-electron chi connectivity index (χ1n) is 9.48. The molecule has 0 unspecified atom stereocenters. The molecule has 3 aromatic heterocycles. The number of H-pyrrole nitrogens is 1. The van der Waals surface area contributed by atoms with Crippen molar-refractivity contribution in [1.82, 2.24) is 19.9 Å². The number of aryl methyl sites for hydroxylation is 2. The first kappa shape index (κ1) is 21.8. The Bertz CT molecular complexity index is 1410. The first-order chi connectivity index (χ1) is 15.0. The fraction of sp³-hybridized carbons (Fsp3) is 0.190. The number of aromatic nitrogens is 4. The standard InChI is InChI=1S/C21H18F3N5O2S/c1-12-7-19(18(26-10-12)9-17-15-5-6-25-20(15)28-11-27-17)29-32(30,31)14-4-3-13(2)16(8-14)21(22,23)24/h3-8,10-11,29H,9H2,1-2H3,(H,25,27,28). The van der Waals surface area contributed by atoms with Gasteiger partial charge in [-0.25, -0.2) is 18.4 Å². The third kappa shape index (κ3) is 4.28. The Morgan fingerprint density at radius 2 is 1.81 bits per heavy atom. The van der Waals surface area contributed by atoms with Crippen molar-refractivity contribution in [3.05, 3.63) is 77.1 Å². The summed E-state index contributed by atoms with van der Waals surface area (Å²) in [4.78, 5) is 15.2. The van der Waals surface area contributed by atoms with E-state index in [0.29, 0.717) is 28.7 Å². The lowest BCUT2D eigenvalue weighted by Crippen LogP contribution is -2.17. The molecular formula is C21H18F3N5O2S. The van der Waals surface area contributed by atoms with E-state index in [0.717, 1.165) is 17.5 Å². The van der Waals surface area contributed by atoms with Crippen LogP contribution in [0.3, 0.4) is 0 Å². The molecule has 0 radical (unpaired) electrons. The van der Waals surface area contributed by atoms with Crippen molar-refractivity contribution in [2.75, 3.05) is 4.72 Å². The Hall–Kier alpha value is -3.47. The number of hydrogen-bond donors (Lipinski definition) is 2. The lowest BCUT2D eigenvalue weighted by Gasteiger charge is -2.15. The number of anilines is 1. The molecule has 1 aromatic carbocycles. The van der Waals surface area contributed by atoms with Crippen molar-refractivity contribution >= 4 is 26.7 Å². The van der Waals surface area contributed by atoms with Crippen LogP contribution in [-0.2, 0) is 22.6 Å². The van der Waals surface area contributed by atoms with Crippen LogP contribution < -0.4 is 4.72 Å². The Morgan fingerprint density at radius 1 is 1.03 bits per heavy atom. The number of aromatic amines is 1. The molecule has 3 heterocycles. The van der Waals surface area contributed by atoms with Gasteiger partial charge in [0, 0.05) is 24.2 Å². The number of nitrogens with one attached hydrogen (secondary N) is 2. The van der Waals surface area contributed by atoms with E-state index in [2.05, 4.69) is 24.7 Å². The normalized spacial score (nSPS) is 12.3. The zero-order valence-corrected chi connectivity index (χ0v) is 17.8. The number of rotatable bonds is 5. The molecular weight excluding hydrogens is 443 g/mol. The molecule has 0 amide bonds. The molecule has 0 saturated carbocycles. The minimum Gasteiger partial charge on any atom is -0.346 e. The van der Waals surface area contributed by atoms with Gasteiger partial charge >= 0.3 is 6.18 Å². The molecule has 0 aliphatic carbocycles. The highest BCUT2D eigenvalue weighted by atomic mass is 32.2. The molecule has 4 aromatic rings. The maximum Gasteiger partial charge on any atom is 0.416 e. The van der Waals surface area contributed by atoms with Crippen LogP contribution in [-0.4, -0.2) is 28.4 Å². The number of benzene rings is 1. The van der Waals surface area contributed by atoms with Crippen LogP contribution >= 0.6 is 0 Å². The molecule has 0 bridgehead atoms. The minimum absolute atomic E-state index is 0.0614. The zero-order valence-electron chi connectivity index (χ0n) is 17.0. The van der Waals surface area contributed by atoms with Crippen LogP contribution in [0.2, 0.25) is 0 Å². The van der Waals surface area contributed by atoms with Gasteiger partial charge in [0.05, 0.1) is 27.5 Å². The van der Waals surface area contributed by atoms with Crippen molar-refractivity contribution in [3.63, 3.8) is 0 Å². The van der Waals surface area contributed by atoms with Crippen molar-refractivity contribution in [3.8, 4) is 0 Å². The number of sulfonamides is 1. The maximum atomic E-state index is 13.3. The summed E-state index contributed by atoms with van der Waals surface area (Å²) in [6.45, 7) is 3.01. The Labute approximate surface area is 181 Å². The predicted octanol–water partition coefficient (Wildman–Crippen LogP) is 4.38. The summed E-state index contributed by atoms with van der Waals surface area (Å²) in [7, 11) is -4.31. The number of alkyl halides is 3. The van der Waals surface area contributed by atoms with Crippen LogP contribution in [0.25, 0.3) is 11.0 Å². The van der Waals surface area contributed by atoms with E-state index < -0.39 is 26.7 Å². The topological polar surface area (TPSA) is 101 Å². The third-order valence-corrected chi connectivity index (χ3v) is 6.31. The van der Waals surface area contributed by atoms with Gasteiger partial charge in [-0.2, -0.15) is 13.2 Å². The van der Waals surface area contributed by atoms with Crippen LogP contribution in [0.15, 0.2) is 53.9 Å². The average molecular weight is 461 g/mol. The molecule has 0 fully saturated rings. The molecule has 0 aliphatic heterocycles. The van der Waals surface area contributed by atoms with Crippen LogP contribution in [0, 0.1) is 13.8 Å². The van der Waals surface area contributed by atoms with E-state index in [-0.39, 0.29) is 17.7 Å². The second-order valence-electron chi connectivity index (χ2n) is 7.32. The quantitative estimate of drug-likeness (QED) is 0.459. The Kier molecular flexibility index (Phi) is 5.37. The highest BCUT2D eigenvalue weighted by Crippen LogP contribution is 2.34. The maximum absolute atomic E-state index is 13.3. The van der Waals surface area contributed by atoms with Gasteiger partial charge in [-0.15, -0.1) is 0 Å². The van der Waals surface area contributed by atoms with Crippen LogP contribution in [0.4, 0.5) is 18.9 Å². The van der Waals surface area contributed by atoms with Crippen LogP contribution in [0.1, 0.15) is 28.1 Å². The second-order valence-corrected chi connectivity index (χ2v) is 9.01. The summed E-state index contributed by atoms with van der Waals surface area (Å²) < 4.78 is 68.1. The van der Waals surface area contributed by atoms with Crippen LogP contribution in [0.5, 0.6) is 0 Å². The summed E-state index contributed by atoms with van der Waals surface area (Å²) in [5, 5.41) is 0.761. The monoisotopic (exact) mass is 461 g/mol. The van der Waals surface area contributed by atoms with E-state index in [1.165, 1.54) is 13.3 Å². The van der Waals surface area contributed by atoms with Crippen molar-refractivity contribution < 1.29 is 21.6 Å². The predicted molar refractivity (Wildman–Crippen MR) is 113 cm³/mol. The molecule has 2 N–H and O–H groups in total. The summed E-state index contributed by atoms with van der Waals surface area (Å²) in [5.41, 5.74) is 1.42. The van der Waals surface area contributed by atoms with Gasteiger partial charge in [-0.3, -0.25) is 9.71 Å². The summed E-state index contributed by atoms with van der Waals surface area (Å²) in [6.07, 6.45) is 0.204. The highest BCUT2D eigenvalue weighted by molar-refractivity contribution is 7.92. The Morgan fingerprint density at radius 3 is 2.56 bits per heavy atom. The largest absolute Gasteiger partial charge is 0.416 e. The first-order valence-corrected chi connectivity index (χ1v) is 11.0. The molecule has 4 rings (SSSR count). The van der Waals surface area contributed by atoms with Gasteiger partial charge in [0.1, 0.15) is 12.0 Å². The van der Waals surface area contributed by atoms with Gasteiger partial charge < -0.3 is 4.98 Å². The van der Waals surface area contributed by atoms with E-state index in [4.69, 9.17) is 0 Å². The molecule has 166 valence electrons.